The number of rotatable bonds is 3. The number of nitrogens with zero attached hydrogens (tertiary/aromatic N) is 2. The number of benzene rings is 2. The van der Waals surface area contributed by atoms with Gasteiger partial charge in [-0.2, -0.15) is 11.1 Å². The molecule has 0 saturated carbocycles. The van der Waals surface area contributed by atoms with E-state index in [2.05, 4.69) is 6.07 Å². The first kappa shape index (κ1) is 13.4. The van der Waals surface area contributed by atoms with Gasteiger partial charge in [-0.25, -0.2) is 8.78 Å². The van der Waals surface area contributed by atoms with Crippen molar-refractivity contribution in [2.75, 3.05) is 0 Å². The minimum Gasteiger partial charge on any atom is -0.450 e. The smallest absolute Gasteiger partial charge is 0.303 e. The van der Waals surface area contributed by atoms with E-state index in [0.29, 0.717) is 0 Å². The van der Waals surface area contributed by atoms with Crippen LogP contribution in [0.3, 0.4) is 0 Å². The van der Waals surface area contributed by atoms with Gasteiger partial charge in [-0.15, -0.1) is 0 Å². The Morgan fingerprint density at radius 1 is 1.35 bits per heavy atom. The Hall–Kier alpha value is -3.01. The van der Waals surface area contributed by atoms with Crippen molar-refractivity contribution in [1.82, 2.24) is 0 Å². The zero-order valence-electron chi connectivity index (χ0n) is 9.93. The van der Waals surface area contributed by atoms with Crippen molar-refractivity contribution in [3.63, 3.8) is 0 Å². The molecule has 0 aromatic heterocycles. The summed E-state index contributed by atoms with van der Waals surface area (Å²) >= 11 is 0. The summed E-state index contributed by atoms with van der Waals surface area (Å²) in [5.41, 5.74) is -0.304. The van der Waals surface area contributed by atoms with Gasteiger partial charge >= 0.3 is 5.69 Å². The minimum atomic E-state index is -0.872. The van der Waals surface area contributed by atoms with Crippen LogP contribution in [0.25, 0.3) is 0 Å². The Kier molecular flexibility index (Phi) is 3.57. The minimum absolute atomic E-state index is 0.0428. The summed E-state index contributed by atoms with van der Waals surface area (Å²) in [5.74, 6) is 2.38. The van der Waals surface area contributed by atoms with Crippen LogP contribution < -0.4 is 10.6 Å². The van der Waals surface area contributed by atoms with Gasteiger partial charge in [-0.05, 0) is 18.2 Å². The molecule has 0 aliphatic heterocycles. The third-order valence-corrected chi connectivity index (χ3v) is 2.39. The highest BCUT2D eigenvalue weighted by Crippen LogP contribution is 2.31. The molecule has 0 aliphatic rings. The Labute approximate surface area is 112 Å². The van der Waals surface area contributed by atoms with Crippen molar-refractivity contribution < 1.29 is 18.4 Å². The number of nitrogens with two attached hydrogens (primary N) is 1. The molecule has 2 aromatic rings. The first-order valence-electron chi connectivity index (χ1n) is 5.32. The topological polar surface area (TPSA) is 79.1 Å². The first-order valence-corrected chi connectivity index (χ1v) is 5.32. The van der Waals surface area contributed by atoms with Crippen LogP contribution in [0.4, 0.5) is 14.5 Å². The third-order valence-electron chi connectivity index (χ3n) is 2.39. The Bertz CT molecular complexity index is 726. The van der Waals surface area contributed by atoms with E-state index in [4.69, 9.17) is 15.8 Å². The van der Waals surface area contributed by atoms with Gasteiger partial charge in [-0.1, -0.05) is 6.07 Å². The van der Waals surface area contributed by atoms with Crippen LogP contribution in [0.15, 0.2) is 30.3 Å². The summed E-state index contributed by atoms with van der Waals surface area (Å²) in [6, 6.07) is 9.48. The lowest BCUT2D eigenvalue weighted by molar-refractivity contribution is -0.475. The van der Waals surface area contributed by atoms with Gasteiger partial charge in [0.1, 0.15) is 6.07 Å². The van der Waals surface area contributed by atoms with Crippen LogP contribution in [0.2, 0.25) is 0 Å². The second kappa shape index (κ2) is 5.32. The number of halogens is 2. The second-order valence-electron chi connectivity index (χ2n) is 3.69. The van der Waals surface area contributed by atoms with Gasteiger partial charge in [0.2, 0.25) is 0 Å². The van der Waals surface area contributed by atoms with E-state index in [0.717, 1.165) is 18.2 Å². The first-order chi connectivity index (χ1) is 9.52. The van der Waals surface area contributed by atoms with Gasteiger partial charge in [-0.3, -0.25) is 0 Å². The largest absolute Gasteiger partial charge is 0.450 e. The second-order valence-corrected chi connectivity index (χ2v) is 3.69. The monoisotopic (exact) mass is 275 g/mol. The maximum Gasteiger partial charge on any atom is 0.303 e. The van der Waals surface area contributed by atoms with E-state index in [-0.39, 0.29) is 16.1 Å². The lowest BCUT2D eigenvalue weighted by atomic mass is 10.2. The Morgan fingerprint density at radius 2 is 2.10 bits per heavy atom. The average Bonchev–Trinajstić information content (AvgIpc) is 2.42. The summed E-state index contributed by atoms with van der Waals surface area (Å²) in [6.45, 7) is 0. The van der Waals surface area contributed by atoms with Crippen LogP contribution >= 0.6 is 0 Å². The van der Waals surface area contributed by atoms with Crippen molar-refractivity contribution >= 4 is 5.69 Å². The predicted octanol–water partition coefficient (Wildman–Crippen LogP) is 2.71. The van der Waals surface area contributed by atoms with Crippen LogP contribution in [0.5, 0.6) is 11.5 Å². The molecule has 5 nitrogen and oxygen atoms in total. The van der Waals surface area contributed by atoms with Gasteiger partial charge in [0.25, 0.3) is 0 Å². The highest BCUT2D eigenvalue weighted by Gasteiger charge is 2.18. The molecule has 7 heteroatoms. The molecule has 0 amide bonds. The van der Waals surface area contributed by atoms with Gasteiger partial charge in [0, 0.05) is 0 Å². The molecule has 0 bridgehead atoms. The lowest BCUT2D eigenvalue weighted by Crippen LogP contribution is -2.09. The van der Waals surface area contributed by atoms with E-state index in [1.807, 2.05) is 0 Å². The molecule has 0 unspecified atom stereocenters. The number of nitroso groups, excluding NO2 is 1. The van der Waals surface area contributed by atoms with Crippen molar-refractivity contribution in [2.45, 2.75) is 0 Å². The van der Waals surface area contributed by atoms with Crippen LogP contribution in [-0.4, -0.2) is 4.87 Å². The molecule has 0 fully saturated rings. The Balaban J connectivity index is 2.48. The highest BCUT2D eigenvalue weighted by atomic mass is 19.1. The van der Waals surface area contributed by atoms with E-state index in [9.17, 15) is 13.7 Å². The van der Waals surface area contributed by atoms with Crippen molar-refractivity contribution in [3.05, 3.63) is 58.5 Å². The van der Waals surface area contributed by atoms with E-state index in [1.54, 1.807) is 6.07 Å². The zero-order valence-corrected chi connectivity index (χ0v) is 9.93. The van der Waals surface area contributed by atoms with E-state index < -0.39 is 23.1 Å². The number of hydrogen-bond donors (Lipinski definition) is 1. The van der Waals surface area contributed by atoms with Gasteiger partial charge < -0.3 is 4.74 Å². The van der Waals surface area contributed by atoms with E-state index in [1.165, 1.54) is 12.1 Å². The normalized spacial score (nSPS) is 9.85. The SMILES string of the molecule is N#Cc1cccc(F)c1Oc1cc([N+](N)=O)[c]cc1F. The molecule has 0 spiro atoms. The molecule has 99 valence electrons. The highest BCUT2D eigenvalue weighted by molar-refractivity contribution is 5.47. The van der Waals surface area contributed by atoms with E-state index >= 15 is 0 Å². The molecule has 0 aliphatic carbocycles. The van der Waals surface area contributed by atoms with Crippen molar-refractivity contribution in [1.29, 1.82) is 5.26 Å². The molecule has 2 rings (SSSR count). The van der Waals surface area contributed by atoms with Crippen LogP contribution in [-0.2, 0) is 0 Å². The number of para-hydroxylation sites is 1. The number of ether oxygens (including phenoxy) is 1. The molecule has 0 saturated heterocycles. The fourth-order valence-electron chi connectivity index (χ4n) is 1.46. The summed E-state index contributed by atoms with van der Waals surface area (Å²) in [5, 5.41) is 8.86. The number of hydrazine groups is 1. The summed E-state index contributed by atoms with van der Waals surface area (Å²) in [7, 11) is 0. The zero-order chi connectivity index (χ0) is 14.7. The lowest BCUT2D eigenvalue weighted by Gasteiger charge is -2.08. The molecule has 20 heavy (non-hydrogen) atoms. The molecule has 2 N–H and O–H groups in total. The molecule has 1 radical (unpaired) electrons. The predicted molar refractivity (Wildman–Crippen MR) is 63.9 cm³/mol. The average molecular weight is 275 g/mol. The molecule has 2 aromatic carbocycles. The molecular formula is C13H7F2N3O2+. The fourth-order valence-corrected chi connectivity index (χ4v) is 1.46. The standard InChI is InChI=1S/C13H7F2N3O2/c14-10-5-4-9(18(17)19)6-12(10)20-13-8(7-16)2-1-3-11(13)15/h1-3,5-6H,(H2,17,19)/q+1. The van der Waals surface area contributed by atoms with Crippen molar-refractivity contribution in [3.8, 4) is 17.6 Å². The van der Waals surface area contributed by atoms with Gasteiger partial charge in [0.05, 0.1) is 22.6 Å². The number of hydrogen-bond acceptors (Lipinski definition) is 3. The summed E-state index contributed by atoms with van der Waals surface area (Å²) in [4.78, 5) is 10.9. The maximum absolute atomic E-state index is 13.6. The van der Waals surface area contributed by atoms with Crippen molar-refractivity contribution in [2.24, 2.45) is 5.84 Å². The third kappa shape index (κ3) is 2.54. The quantitative estimate of drug-likeness (QED) is 0.530. The Morgan fingerprint density at radius 3 is 2.75 bits per heavy atom. The maximum atomic E-state index is 13.6. The number of nitriles is 1. The summed E-state index contributed by atoms with van der Waals surface area (Å²) < 4.78 is 32.2. The van der Waals surface area contributed by atoms with Crippen LogP contribution in [0.1, 0.15) is 5.56 Å². The van der Waals surface area contributed by atoms with Gasteiger partial charge in [0.15, 0.2) is 28.0 Å². The fraction of sp³-hybridized carbons (Fsp3) is 0. The summed E-state index contributed by atoms with van der Waals surface area (Å²) in [6.07, 6.45) is 0. The molecular weight excluding hydrogens is 268 g/mol. The molecule has 0 heterocycles. The van der Waals surface area contributed by atoms with Crippen LogP contribution in [0, 0.1) is 33.9 Å². The molecule has 0 atom stereocenters.